The van der Waals surface area contributed by atoms with Crippen molar-refractivity contribution >= 4 is 40.9 Å². The summed E-state index contributed by atoms with van der Waals surface area (Å²) in [5.74, 6) is -1.55. The number of amides is 3. The first-order valence-corrected chi connectivity index (χ1v) is 8.66. The van der Waals surface area contributed by atoms with Gasteiger partial charge in [0.2, 0.25) is 5.91 Å². The maximum Gasteiger partial charge on any atom is 0.321 e. The lowest BCUT2D eigenvalue weighted by Gasteiger charge is -2.30. The zero-order chi connectivity index (χ0) is 18.4. The number of likely N-dealkylation sites (tertiary alicyclic amines) is 1. The summed E-state index contributed by atoms with van der Waals surface area (Å²) in [4.78, 5) is 36.7. The van der Waals surface area contributed by atoms with Crippen molar-refractivity contribution in [1.29, 1.82) is 0 Å². The number of urea groups is 1. The molecule has 1 aliphatic rings. The number of nitrogens with one attached hydrogen (secondary N) is 2. The monoisotopic (exact) mass is 367 g/mol. The number of aliphatic carboxylic acids is 1. The van der Waals surface area contributed by atoms with Crippen LogP contribution in [-0.2, 0) is 9.59 Å². The van der Waals surface area contributed by atoms with Crippen LogP contribution >= 0.6 is 11.6 Å². The SMILES string of the molecule is CCCC(=O)Nc1ccc(Cl)c(NC(=O)N2CCCC(C(=O)O)C2)c1. The van der Waals surface area contributed by atoms with Gasteiger partial charge in [0.05, 0.1) is 16.6 Å². The third-order valence-electron chi connectivity index (χ3n) is 4.03. The van der Waals surface area contributed by atoms with E-state index in [0.717, 1.165) is 6.42 Å². The van der Waals surface area contributed by atoms with E-state index in [1.165, 1.54) is 4.90 Å². The quantitative estimate of drug-likeness (QED) is 0.742. The highest BCUT2D eigenvalue weighted by Gasteiger charge is 2.28. The normalized spacial score (nSPS) is 17.0. The number of carboxylic acid groups (broad SMARTS) is 1. The standard InChI is InChI=1S/C17H22ClN3O4/c1-2-4-15(22)19-12-6-7-13(18)14(9-12)20-17(25)21-8-3-5-11(10-21)16(23)24/h6-7,9,11H,2-5,8,10H2,1H3,(H,19,22)(H,20,25)(H,23,24). The van der Waals surface area contributed by atoms with E-state index >= 15 is 0 Å². The zero-order valence-electron chi connectivity index (χ0n) is 14.0. The van der Waals surface area contributed by atoms with Crippen molar-refractivity contribution < 1.29 is 19.5 Å². The third kappa shape index (κ3) is 5.35. The molecule has 1 fully saturated rings. The predicted octanol–water partition coefficient (Wildman–Crippen LogP) is 3.41. The molecule has 0 aromatic heterocycles. The molecule has 2 rings (SSSR count). The average molecular weight is 368 g/mol. The molecular weight excluding hydrogens is 346 g/mol. The molecule has 7 nitrogen and oxygen atoms in total. The van der Waals surface area contributed by atoms with Gasteiger partial charge < -0.3 is 20.6 Å². The summed E-state index contributed by atoms with van der Waals surface area (Å²) in [6, 6.07) is 4.44. The minimum Gasteiger partial charge on any atom is -0.481 e. The van der Waals surface area contributed by atoms with Crippen LogP contribution in [0.2, 0.25) is 5.02 Å². The molecule has 0 spiro atoms. The largest absolute Gasteiger partial charge is 0.481 e. The van der Waals surface area contributed by atoms with Gasteiger partial charge in [0.1, 0.15) is 0 Å². The first-order chi connectivity index (χ1) is 11.9. The fourth-order valence-corrected chi connectivity index (χ4v) is 2.87. The number of hydrogen-bond donors (Lipinski definition) is 3. The zero-order valence-corrected chi connectivity index (χ0v) is 14.8. The molecule has 1 saturated heterocycles. The summed E-state index contributed by atoms with van der Waals surface area (Å²) in [5, 5.41) is 14.9. The smallest absolute Gasteiger partial charge is 0.321 e. The Morgan fingerprint density at radius 2 is 2.08 bits per heavy atom. The van der Waals surface area contributed by atoms with Crippen molar-refractivity contribution in [3.05, 3.63) is 23.2 Å². The molecule has 3 amide bonds. The molecule has 0 radical (unpaired) electrons. The lowest BCUT2D eigenvalue weighted by molar-refractivity contribution is -0.143. The average Bonchev–Trinajstić information content (AvgIpc) is 2.58. The van der Waals surface area contributed by atoms with Crippen molar-refractivity contribution in [3.63, 3.8) is 0 Å². The molecule has 1 aliphatic heterocycles. The van der Waals surface area contributed by atoms with Gasteiger partial charge in [-0.15, -0.1) is 0 Å². The number of rotatable bonds is 5. The first-order valence-electron chi connectivity index (χ1n) is 8.28. The summed E-state index contributed by atoms with van der Waals surface area (Å²) < 4.78 is 0. The topological polar surface area (TPSA) is 98.7 Å². The van der Waals surface area contributed by atoms with Crippen LogP contribution in [0.3, 0.4) is 0 Å². The Hall–Kier alpha value is -2.28. The molecule has 0 aliphatic carbocycles. The molecule has 3 N–H and O–H groups in total. The Balaban J connectivity index is 2.04. The number of halogens is 1. The number of carbonyl (C=O) groups excluding carboxylic acids is 2. The van der Waals surface area contributed by atoms with Crippen LogP contribution in [0.5, 0.6) is 0 Å². The Labute approximate surface area is 151 Å². The lowest BCUT2D eigenvalue weighted by Crippen LogP contribution is -2.44. The van der Waals surface area contributed by atoms with E-state index in [4.69, 9.17) is 16.7 Å². The second kappa shape index (κ2) is 8.71. The van der Waals surface area contributed by atoms with E-state index in [0.29, 0.717) is 42.2 Å². The van der Waals surface area contributed by atoms with Crippen LogP contribution in [0.15, 0.2) is 18.2 Å². The van der Waals surface area contributed by atoms with Gasteiger partial charge in [-0.3, -0.25) is 9.59 Å². The maximum absolute atomic E-state index is 12.4. The molecule has 1 atom stereocenters. The van der Waals surface area contributed by atoms with E-state index in [2.05, 4.69) is 10.6 Å². The summed E-state index contributed by atoms with van der Waals surface area (Å²) in [6.45, 7) is 2.59. The van der Waals surface area contributed by atoms with Crippen LogP contribution in [0, 0.1) is 5.92 Å². The summed E-state index contributed by atoms with van der Waals surface area (Å²) >= 11 is 6.12. The van der Waals surface area contributed by atoms with Crippen molar-refractivity contribution in [2.24, 2.45) is 5.92 Å². The molecule has 1 aromatic carbocycles. The van der Waals surface area contributed by atoms with Gasteiger partial charge in [-0.2, -0.15) is 0 Å². The number of piperidine rings is 1. The lowest BCUT2D eigenvalue weighted by atomic mass is 9.99. The van der Waals surface area contributed by atoms with Gasteiger partial charge in [0, 0.05) is 25.2 Å². The minimum atomic E-state index is -0.892. The molecule has 8 heteroatoms. The Bertz CT molecular complexity index is 665. The highest BCUT2D eigenvalue weighted by atomic mass is 35.5. The van der Waals surface area contributed by atoms with Crippen molar-refractivity contribution in [1.82, 2.24) is 4.90 Å². The first kappa shape index (κ1) is 19.1. The van der Waals surface area contributed by atoms with Gasteiger partial charge in [0.25, 0.3) is 0 Å². The summed E-state index contributed by atoms with van der Waals surface area (Å²) in [5.41, 5.74) is 0.915. The minimum absolute atomic E-state index is 0.109. The van der Waals surface area contributed by atoms with Gasteiger partial charge in [-0.1, -0.05) is 18.5 Å². The van der Waals surface area contributed by atoms with Crippen LogP contribution < -0.4 is 10.6 Å². The van der Waals surface area contributed by atoms with Crippen molar-refractivity contribution in [2.75, 3.05) is 23.7 Å². The fourth-order valence-electron chi connectivity index (χ4n) is 2.71. The van der Waals surface area contributed by atoms with Crippen LogP contribution in [-0.4, -0.2) is 41.0 Å². The molecule has 1 unspecified atom stereocenters. The molecule has 25 heavy (non-hydrogen) atoms. The van der Waals surface area contributed by atoms with Crippen molar-refractivity contribution in [2.45, 2.75) is 32.6 Å². The number of hydrogen-bond acceptors (Lipinski definition) is 3. The number of nitrogens with zero attached hydrogens (tertiary/aromatic N) is 1. The second-order valence-electron chi connectivity index (χ2n) is 6.05. The molecule has 1 aromatic rings. The fraction of sp³-hybridized carbons (Fsp3) is 0.471. The number of benzene rings is 1. The highest BCUT2D eigenvalue weighted by molar-refractivity contribution is 6.33. The maximum atomic E-state index is 12.4. The predicted molar refractivity (Wildman–Crippen MR) is 95.9 cm³/mol. The van der Waals surface area contributed by atoms with Crippen LogP contribution in [0.4, 0.5) is 16.2 Å². The molecule has 0 saturated carbocycles. The number of carboxylic acids is 1. The second-order valence-corrected chi connectivity index (χ2v) is 6.45. The van der Waals surface area contributed by atoms with E-state index < -0.39 is 17.9 Å². The molecule has 0 bridgehead atoms. The Morgan fingerprint density at radius 1 is 1.32 bits per heavy atom. The van der Waals surface area contributed by atoms with Gasteiger partial charge in [-0.25, -0.2) is 4.79 Å². The molecular formula is C17H22ClN3O4. The Morgan fingerprint density at radius 3 is 2.76 bits per heavy atom. The van der Waals surface area contributed by atoms with E-state index in [9.17, 15) is 14.4 Å². The van der Waals surface area contributed by atoms with E-state index in [1.54, 1.807) is 18.2 Å². The van der Waals surface area contributed by atoms with E-state index in [1.807, 2.05) is 6.92 Å². The van der Waals surface area contributed by atoms with Gasteiger partial charge in [-0.05, 0) is 37.5 Å². The van der Waals surface area contributed by atoms with E-state index in [-0.39, 0.29) is 12.5 Å². The van der Waals surface area contributed by atoms with Crippen LogP contribution in [0.25, 0.3) is 0 Å². The molecule has 136 valence electrons. The van der Waals surface area contributed by atoms with Crippen molar-refractivity contribution in [3.8, 4) is 0 Å². The summed E-state index contributed by atoms with van der Waals surface area (Å²) in [7, 11) is 0. The van der Waals surface area contributed by atoms with Crippen LogP contribution in [0.1, 0.15) is 32.6 Å². The number of carbonyl (C=O) groups is 3. The summed E-state index contributed by atoms with van der Waals surface area (Å²) in [6.07, 6.45) is 2.36. The highest BCUT2D eigenvalue weighted by Crippen LogP contribution is 2.27. The van der Waals surface area contributed by atoms with Gasteiger partial charge in [0.15, 0.2) is 0 Å². The molecule has 1 heterocycles. The van der Waals surface area contributed by atoms with Gasteiger partial charge >= 0.3 is 12.0 Å². The Kier molecular flexibility index (Phi) is 6.64. The number of anilines is 2. The third-order valence-corrected chi connectivity index (χ3v) is 4.36.